The van der Waals surface area contributed by atoms with Crippen LogP contribution in [-0.2, 0) is 11.3 Å². The Bertz CT molecular complexity index is 1240. The van der Waals surface area contributed by atoms with Gasteiger partial charge in [-0.05, 0) is 48.9 Å². The molecule has 2 N–H and O–H groups in total. The molecule has 0 bridgehead atoms. The summed E-state index contributed by atoms with van der Waals surface area (Å²) in [5.74, 6) is -0.983. The summed E-state index contributed by atoms with van der Waals surface area (Å²) in [5, 5.41) is 5.83. The Morgan fingerprint density at radius 1 is 1.07 bits per heavy atom. The van der Waals surface area contributed by atoms with Crippen molar-refractivity contribution in [3.8, 4) is 5.69 Å². The van der Waals surface area contributed by atoms with Gasteiger partial charge in [0.15, 0.2) is 0 Å². The van der Waals surface area contributed by atoms with E-state index in [1.165, 1.54) is 35.0 Å². The Kier molecular flexibility index (Phi) is 5.01. The van der Waals surface area contributed by atoms with E-state index in [1.54, 1.807) is 31.2 Å². The number of benzene rings is 2. The fourth-order valence-electron chi connectivity index (χ4n) is 3.16. The molecular weight excluding hydrogens is 411 g/mol. The van der Waals surface area contributed by atoms with E-state index in [2.05, 4.69) is 10.4 Å². The predicted molar refractivity (Wildman–Crippen MR) is 110 cm³/mol. The molecular formula is C21H16ClFN4O3. The van der Waals surface area contributed by atoms with Crippen molar-refractivity contribution >= 4 is 29.6 Å². The average molecular weight is 427 g/mol. The van der Waals surface area contributed by atoms with Crippen molar-refractivity contribution in [1.29, 1.82) is 0 Å². The summed E-state index contributed by atoms with van der Waals surface area (Å²) in [6.07, 6.45) is 1.33. The number of halogens is 2. The van der Waals surface area contributed by atoms with E-state index >= 15 is 0 Å². The minimum Gasteiger partial charge on any atom is -0.303 e. The molecule has 30 heavy (non-hydrogen) atoms. The second-order valence-electron chi connectivity index (χ2n) is 6.74. The number of imide groups is 1. The molecule has 1 saturated heterocycles. The van der Waals surface area contributed by atoms with Crippen LogP contribution >= 0.6 is 11.6 Å². The van der Waals surface area contributed by atoms with E-state index in [1.807, 2.05) is 0 Å². The molecule has 0 atom stereocenters. The molecule has 152 valence electrons. The topological polar surface area (TPSA) is 87.2 Å². The second kappa shape index (κ2) is 7.64. The molecule has 0 radical (unpaired) electrons. The number of carbonyl (C=O) groups is 2. The molecule has 0 spiro atoms. The van der Waals surface area contributed by atoms with Gasteiger partial charge in [-0.15, -0.1) is 0 Å². The normalized spacial score (nSPS) is 15.2. The lowest BCUT2D eigenvalue weighted by Gasteiger charge is -2.12. The highest BCUT2D eigenvalue weighted by Crippen LogP contribution is 2.21. The van der Waals surface area contributed by atoms with Gasteiger partial charge in [0.05, 0.1) is 17.8 Å². The minimum atomic E-state index is -0.599. The Morgan fingerprint density at radius 2 is 1.77 bits per heavy atom. The van der Waals surface area contributed by atoms with Crippen LogP contribution < -0.4 is 10.9 Å². The first kappa shape index (κ1) is 19.7. The minimum absolute atomic E-state index is 0.00755. The molecule has 0 aliphatic carbocycles. The van der Waals surface area contributed by atoms with Gasteiger partial charge in [0.25, 0.3) is 11.5 Å². The van der Waals surface area contributed by atoms with Crippen LogP contribution in [0.2, 0.25) is 5.02 Å². The summed E-state index contributed by atoms with van der Waals surface area (Å²) in [7, 11) is 0. The van der Waals surface area contributed by atoms with E-state index in [4.69, 9.17) is 11.6 Å². The van der Waals surface area contributed by atoms with Crippen LogP contribution in [0.3, 0.4) is 0 Å². The van der Waals surface area contributed by atoms with Crippen LogP contribution in [0.1, 0.15) is 16.8 Å². The lowest BCUT2D eigenvalue weighted by Crippen LogP contribution is -2.30. The summed E-state index contributed by atoms with van der Waals surface area (Å²) in [6.45, 7) is 1.67. The van der Waals surface area contributed by atoms with Crippen molar-refractivity contribution in [3.63, 3.8) is 0 Å². The molecule has 1 aliphatic heterocycles. The molecule has 3 amide bonds. The third kappa shape index (κ3) is 3.53. The average Bonchev–Trinajstić information content (AvgIpc) is 3.15. The van der Waals surface area contributed by atoms with E-state index in [9.17, 15) is 18.8 Å². The monoisotopic (exact) mass is 426 g/mol. The van der Waals surface area contributed by atoms with Crippen molar-refractivity contribution in [2.45, 2.75) is 13.5 Å². The van der Waals surface area contributed by atoms with E-state index in [0.29, 0.717) is 22.0 Å². The molecule has 7 nitrogen and oxygen atoms in total. The van der Waals surface area contributed by atoms with Crippen LogP contribution in [-0.4, -0.2) is 26.6 Å². The highest BCUT2D eigenvalue weighted by atomic mass is 35.5. The summed E-state index contributed by atoms with van der Waals surface area (Å²) in [6, 6.07) is 11.7. The number of aryl methyl sites for hydroxylation is 1. The molecule has 9 heteroatoms. The van der Waals surface area contributed by atoms with E-state index < -0.39 is 23.3 Å². The highest BCUT2D eigenvalue weighted by Gasteiger charge is 2.34. The molecule has 1 aromatic heterocycles. The number of H-pyrrole nitrogens is 1. The Labute approximate surface area is 175 Å². The zero-order valence-electron chi connectivity index (χ0n) is 15.8. The van der Waals surface area contributed by atoms with Gasteiger partial charge in [-0.1, -0.05) is 29.8 Å². The van der Waals surface area contributed by atoms with Crippen LogP contribution in [0, 0.1) is 12.7 Å². The summed E-state index contributed by atoms with van der Waals surface area (Å²) in [4.78, 5) is 38.9. The van der Waals surface area contributed by atoms with Gasteiger partial charge in [-0.2, -0.15) is 0 Å². The van der Waals surface area contributed by atoms with Crippen LogP contribution in [0.15, 0.2) is 59.0 Å². The number of aromatic amines is 1. The van der Waals surface area contributed by atoms with E-state index in [-0.39, 0.29) is 17.8 Å². The predicted octanol–water partition coefficient (Wildman–Crippen LogP) is 3.36. The number of hydrogen-bond donors (Lipinski definition) is 2. The number of amides is 3. The fraction of sp³-hybridized carbons (Fsp3) is 0.0952. The number of rotatable bonds is 4. The van der Waals surface area contributed by atoms with Crippen LogP contribution in [0.25, 0.3) is 11.8 Å². The van der Waals surface area contributed by atoms with Gasteiger partial charge in [0, 0.05) is 10.7 Å². The van der Waals surface area contributed by atoms with Crippen molar-refractivity contribution in [2.75, 3.05) is 0 Å². The first-order chi connectivity index (χ1) is 14.3. The fourth-order valence-corrected chi connectivity index (χ4v) is 3.35. The Balaban J connectivity index is 1.65. The second-order valence-corrected chi connectivity index (χ2v) is 7.15. The van der Waals surface area contributed by atoms with Gasteiger partial charge in [0.2, 0.25) is 0 Å². The van der Waals surface area contributed by atoms with Gasteiger partial charge >= 0.3 is 6.03 Å². The lowest BCUT2D eigenvalue weighted by atomic mass is 10.2. The zero-order chi connectivity index (χ0) is 21.4. The van der Waals surface area contributed by atoms with Gasteiger partial charge in [-0.3, -0.25) is 19.6 Å². The third-order valence-electron chi connectivity index (χ3n) is 4.74. The lowest BCUT2D eigenvalue weighted by molar-refractivity contribution is -0.123. The standard InChI is InChI=1S/C21H16ClFN4O3/c1-12-16(19(28)27(25-12)15-8-6-14(23)7-9-15)10-18-20(29)26(21(30)24-18)11-13-4-2-3-5-17(13)22/h2-10,25H,11H2,1H3,(H,24,30). The molecule has 0 unspecified atom stereocenters. The number of carbonyl (C=O) groups excluding carboxylic acids is 2. The summed E-state index contributed by atoms with van der Waals surface area (Å²) < 4.78 is 14.4. The first-order valence-electron chi connectivity index (χ1n) is 9.00. The van der Waals surface area contributed by atoms with Gasteiger partial charge < -0.3 is 5.32 Å². The van der Waals surface area contributed by atoms with Gasteiger partial charge in [-0.25, -0.2) is 13.9 Å². The maximum atomic E-state index is 13.2. The van der Waals surface area contributed by atoms with Crippen molar-refractivity contribution in [2.24, 2.45) is 0 Å². The van der Waals surface area contributed by atoms with E-state index in [0.717, 1.165) is 4.90 Å². The molecule has 4 rings (SSSR count). The smallest absolute Gasteiger partial charge is 0.303 e. The third-order valence-corrected chi connectivity index (χ3v) is 5.11. The zero-order valence-corrected chi connectivity index (χ0v) is 16.5. The largest absolute Gasteiger partial charge is 0.329 e. The summed E-state index contributed by atoms with van der Waals surface area (Å²) >= 11 is 6.12. The summed E-state index contributed by atoms with van der Waals surface area (Å²) in [5.41, 5.74) is 1.32. The number of nitrogens with one attached hydrogen (secondary N) is 2. The van der Waals surface area contributed by atoms with Crippen molar-refractivity contribution in [3.05, 3.63) is 92.2 Å². The maximum Gasteiger partial charge on any atom is 0.329 e. The molecule has 2 heterocycles. The number of hydrogen-bond acceptors (Lipinski definition) is 3. The molecule has 0 saturated carbocycles. The molecule has 3 aromatic rings. The molecule has 1 aliphatic rings. The Morgan fingerprint density at radius 3 is 2.47 bits per heavy atom. The Hall–Kier alpha value is -3.65. The molecule has 1 fully saturated rings. The van der Waals surface area contributed by atoms with Crippen molar-refractivity contribution < 1.29 is 14.0 Å². The van der Waals surface area contributed by atoms with Crippen LogP contribution in [0.5, 0.6) is 0 Å². The number of nitrogens with zero attached hydrogens (tertiary/aromatic N) is 2. The van der Waals surface area contributed by atoms with Gasteiger partial charge in [0.1, 0.15) is 11.5 Å². The quantitative estimate of drug-likeness (QED) is 0.495. The van der Waals surface area contributed by atoms with Crippen molar-refractivity contribution in [1.82, 2.24) is 20.0 Å². The number of urea groups is 1. The highest BCUT2D eigenvalue weighted by molar-refractivity contribution is 6.31. The molecule has 2 aromatic carbocycles. The van der Waals surface area contributed by atoms with Crippen LogP contribution in [0.4, 0.5) is 9.18 Å². The number of aromatic nitrogens is 2. The first-order valence-corrected chi connectivity index (χ1v) is 9.38. The SMILES string of the molecule is Cc1[nH]n(-c2ccc(F)cc2)c(=O)c1C=C1NC(=O)N(Cc2ccccc2Cl)C1=O. The maximum absolute atomic E-state index is 13.2.